The van der Waals surface area contributed by atoms with Crippen LogP contribution in [0.25, 0.3) is 5.52 Å². The van der Waals surface area contributed by atoms with Gasteiger partial charge in [-0.05, 0) is 48.0 Å². The highest BCUT2D eigenvalue weighted by molar-refractivity contribution is 6.09. The monoisotopic (exact) mass is 413 g/mol. The fraction of sp³-hybridized carbons (Fsp3) is 0.0435. The number of carbonyl (C=O) groups excluding carboxylic acids is 3. The minimum absolute atomic E-state index is 0.0237. The van der Waals surface area contributed by atoms with Gasteiger partial charge in [-0.3, -0.25) is 14.4 Å². The van der Waals surface area contributed by atoms with Gasteiger partial charge in [0.25, 0.3) is 17.7 Å². The van der Waals surface area contributed by atoms with E-state index in [-0.39, 0.29) is 23.8 Å². The molecule has 8 nitrogen and oxygen atoms in total. The van der Waals surface area contributed by atoms with Crippen LogP contribution in [0.4, 0.5) is 5.69 Å². The molecule has 0 radical (unpaired) electrons. The van der Waals surface area contributed by atoms with Crippen LogP contribution in [0, 0.1) is 0 Å². The molecule has 0 fully saturated rings. The maximum Gasteiger partial charge on any atom is 0.270 e. The molecule has 0 saturated heterocycles. The number of amides is 3. The van der Waals surface area contributed by atoms with Gasteiger partial charge in [-0.15, -0.1) is 0 Å². The number of primary amides is 1. The first-order chi connectivity index (χ1) is 15.0. The molecule has 3 aromatic heterocycles. The van der Waals surface area contributed by atoms with Crippen molar-refractivity contribution in [2.24, 2.45) is 5.73 Å². The molecule has 0 atom stereocenters. The van der Waals surface area contributed by atoms with Gasteiger partial charge >= 0.3 is 0 Å². The van der Waals surface area contributed by atoms with Crippen molar-refractivity contribution in [3.8, 4) is 0 Å². The number of nitrogens with zero attached hydrogens (tertiary/aromatic N) is 2. The number of pyridine rings is 2. The number of nitrogens with one attached hydrogen (secondary N) is 2. The quantitative estimate of drug-likeness (QED) is 0.450. The number of aromatic nitrogens is 2. The van der Waals surface area contributed by atoms with Gasteiger partial charge in [0, 0.05) is 24.6 Å². The van der Waals surface area contributed by atoms with Gasteiger partial charge in [-0.25, -0.2) is 4.98 Å². The van der Waals surface area contributed by atoms with E-state index < -0.39 is 11.8 Å². The van der Waals surface area contributed by atoms with Crippen molar-refractivity contribution in [1.29, 1.82) is 0 Å². The average Bonchev–Trinajstić information content (AvgIpc) is 3.22. The van der Waals surface area contributed by atoms with E-state index in [1.165, 1.54) is 12.1 Å². The van der Waals surface area contributed by atoms with Crippen LogP contribution in [0.2, 0.25) is 0 Å². The number of hydrogen-bond acceptors (Lipinski definition) is 4. The third-order valence-electron chi connectivity index (χ3n) is 4.68. The molecule has 3 heterocycles. The Labute approximate surface area is 177 Å². The Morgan fingerprint density at radius 3 is 2.52 bits per heavy atom. The van der Waals surface area contributed by atoms with Gasteiger partial charge < -0.3 is 20.8 Å². The molecular formula is C23H19N5O3. The lowest BCUT2D eigenvalue weighted by Gasteiger charge is -2.09. The van der Waals surface area contributed by atoms with Crippen LogP contribution in [0.1, 0.15) is 36.9 Å². The first-order valence-corrected chi connectivity index (χ1v) is 9.52. The Morgan fingerprint density at radius 2 is 1.68 bits per heavy atom. The number of benzene rings is 1. The Bertz CT molecular complexity index is 1300. The smallest absolute Gasteiger partial charge is 0.270 e. The zero-order valence-corrected chi connectivity index (χ0v) is 16.4. The van der Waals surface area contributed by atoms with Crippen molar-refractivity contribution in [2.45, 2.75) is 6.54 Å². The Hall–Kier alpha value is -4.46. The van der Waals surface area contributed by atoms with Crippen LogP contribution < -0.4 is 16.4 Å². The van der Waals surface area contributed by atoms with Crippen LogP contribution in [0.5, 0.6) is 0 Å². The summed E-state index contributed by atoms with van der Waals surface area (Å²) in [5, 5.41) is 5.63. The predicted molar refractivity (Wildman–Crippen MR) is 116 cm³/mol. The van der Waals surface area contributed by atoms with E-state index in [1.807, 2.05) is 41.1 Å². The molecule has 0 aliphatic rings. The first kappa shape index (κ1) is 19.8. The largest absolute Gasteiger partial charge is 0.364 e. The highest BCUT2D eigenvalue weighted by atomic mass is 16.2. The lowest BCUT2D eigenvalue weighted by atomic mass is 10.1. The van der Waals surface area contributed by atoms with Crippen LogP contribution in [-0.4, -0.2) is 27.1 Å². The summed E-state index contributed by atoms with van der Waals surface area (Å²) in [6.07, 6.45) is 3.71. The Kier molecular flexibility index (Phi) is 5.44. The summed E-state index contributed by atoms with van der Waals surface area (Å²) in [6, 6.07) is 19.1. The summed E-state index contributed by atoms with van der Waals surface area (Å²) in [6.45, 7) is 0.222. The van der Waals surface area contributed by atoms with Crippen LogP contribution in [0.15, 0.2) is 79.1 Å². The zero-order valence-electron chi connectivity index (χ0n) is 16.4. The third kappa shape index (κ3) is 4.43. The molecule has 0 aliphatic carbocycles. The van der Waals surface area contributed by atoms with Crippen molar-refractivity contribution in [2.75, 3.05) is 5.32 Å². The predicted octanol–water partition coefficient (Wildman–Crippen LogP) is 2.62. The van der Waals surface area contributed by atoms with E-state index in [1.54, 1.807) is 30.3 Å². The maximum absolute atomic E-state index is 12.7. The first-order valence-electron chi connectivity index (χ1n) is 9.52. The molecule has 31 heavy (non-hydrogen) atoms. The number of hydrogen-bond donors (Lipinski definition) is 3. The molecule has 4 rings (SSSR count). The van der Waals surface area contributed by atoms with E-state index in [2.05, 4.69) is 15.6 Å². The molecule has 1 aromatic carbocycles. The molecule has 8 heteroatoms. The molecule has 0 bridgehead atoms. The van der Waals surface area contributed by atoms with Crippen molar-refractivity contribution in [3.05, 3.63) is 102 Å². The summed E-state index contributed by atoms with van der Waals surface area (Å²) in [7, 11) is 0. The molecule has 154 valence electrons. The van der Waals surface area contributed by atoms with E-state index in [9.17, 15) is 14.4 Å². The molecule has 0 saturated carbocycles. The minimum atomic E-state index is -0.700. The number of carbonyl (C=O) groups is 3. The average molecular weight is 413 g/mol. The topological polar surface area (TPSA) is 119 Å². The second kappa shape index (κ2) is 8.50. The molecule has 4 aromatic rings. The van der Waals surface area contributed by atoms with Crippen LogP contribution in [0.3, 0.4) is 0 Å². The van der Waals surface area contributed by atoms with Gasteiger partial charge in [0.15, 0.2) is 0 Å². The molecule has 0 unspecified atom stereocenters. The summed E-state index contributed by atoms with van der Waals surface area (Å²) < 4.78 is 1.88. The zero-order chi connectivity index (χ0) is 21.8. The second-order valence-electron chi connectivity index (χ2n) is 6.83. The molecule has 3 amide bonds. The molecule has 4 N–H and O–H groups in total. The van der Waals surface area contributed by atoms with Crippen molar-refractivity contribution >= 4 is 28.9 Å². The standard InChI is InChI=1S/C23H19N5O3/c24-21(29)18-7-4-8-19(27-18)23(31)25-14-15-5-3-6-16(13-15)26-22(30)17-10-12-28-11-2-1-9-20(17)28/h1-13H,14H2,(H2,24,29)(H,25,31)(H,26,30). The number of anilines is 1. The number of rotatable bonds is 6. The van der Waals surface area contributed by atoms with E-state index in [4.69, 9.17) is 5.73 Å². The van der Waals surface area contributed by atoms with E-state index in [0.29, 0.717) is 11.3 Å². The molecular weight excluding hydrogens is 394 g/mol. The van der Waals surface area contributed by atoms with Gasteiger partial charge in [0.1, 0.15) is 11.4 Å². The lowest BCUT2D eigenvalue weighted by Crippen LogP contribution is -2.25. The highest BCUT2D eigenvalue weighted by Crippen LogP contribution is 2.16. The maximum atomic E-state index is 12.7. The van der Waals surface area contributed by atoms with Gasteiger partial charge in [0.05, 0.1) is 11.1 Å². The SMILES string of the molecule is NC(=O)c1cccc(C(=O)NCc2cccc(NC(=O)c3ccn4ccccc34)c2)n1. The third-order valence-corrected chi connectivity index (χ3v) is 4.68. The summed E-state index contributed by atoms with van der Waals surface area (Å²) in [5.74, 6) is -1.35. The van der Waals surface area contributed by atoms with E-state index in [0.717, 1.165) is 11.1 Å². The lowest BCUT2D eigenvalue weighted by molar-refractivity contribution is 0.0944. The minimum Gasteiger partial charge on any atom is -0.364 e. The summed E-state index contributed by atoms with van der Waals surface area (Å²) >= 11 is 0. The van der Waals surface area contributed by atoms with Crippen molar-refractivity contribution in [3.63, 3.8) is 0 Å². The Balaban J connectivity index is 1.42. The van der Waals surface area contributed by atoms with Gasteiger partial charge in [-0.2, -0.15) is 0 Å². The number of nitrogens with two attached hydrogens (primary N) is 1. The second-order valence-corrected chi connectivity index (χ2v) is 6.83. The van der Waals surface area contributed by atoms with Gasteiger partial charge in [0.2, 0.25) is 0 Å². The fourth-order valence-electron chi connectivity index (χ4n) is 3.18. The van der Waals surface area contributed by atoms with Gasteiger partial charge in [-0.1, -0.05) is 24.3 Å². The fourth-order valence-corrected chi connectivity index (χ4v) is 3.18. The van der Waals surface area contributed by atoms with E-state index >= 15 is 0 Å². The molecule has 0 aliphatic heterocycles. The van der Waals surface area contributed by atoms with Crippen molar-refractivity contribution in [1.82, 2.24) is 14.7 Å². The summed E-state index contributed by atoms with van der Waals surface area (Å²) in [5.41, 5.74) is 8.11. The summed E-state index contributed by atoms with van der Waals surface area (Å²) in [4.78, 5) is 40.2. The van der Waals surface area contributed by atoms with Crippen LogP contribution in [-0.2, 0) is 6.54 Å². The molecule has 0 spiro atoms. The number of fused-ring (bicyclic) bond motifs is 1. The normalized spacial score (nSPS) is 10.6. The van der Waals surface area contributed by atoms with Crippen molar-refractivity contribution < 1.29 is 14.4 Å². The Morgan fingerprint density at radius 1 is 0.871 bits per heavy atom. The van der Waals surface area contributed by atoms with Crippen LogP contribution >= 0.6 is 0 Å². The highest BCUT2D eigenvalue weighted by Gasteiger charge is 2.13.